The van der Waals surface area contributed by atoms with E-state index in [4.69, 9.17) is 4.74 Å². The lowest BCUT2D eigenvalue weighted by atomic mass is 10.1. The summed E-state index contributed by atoms with van der Waals surface area (Å²) in [5, 5.41) is 0. The zero-order chi connectivity index (χ0) is 14.4. The molecule has 0 heterocycles. The highest BCUT2D eigenvalue weighted by molar-refractivity contribution is 8.00. The van der Waals surface area contributed by atoms with Crippen LogP contribution in [0.4, 0.5) is 0 Å². The van der Waals surface area contributed by atoms with Crippen LogP contribution in [0.3, 0.4) is 0 Å². The van der Waals surface area contributed by atoms with Crippen LogP contribution < -0.4 is 4.74 Å². The number of benzene rings is 2. The van der Waals surface area contributed by atoms with E-state index in [1.165, 1.54) is 16.7 Å². The Kier molecular flexibility index (Phi) is 5.56. The van der Waals surface area contributed by atoms with Gasteiger partial charge in [-0.2, -0.15) is 0 Å². The van der Waals surface area contributed by atoms with Crippen molar-refractivity contribution < 1.29 is 9.53 Å². The molecule has 0 aliphatic carbocycles. The number of methoxy groups -OCH3 is 1. The van der Waals surface area contributed by atoms with Crippen LogP contribution in [0.1, 0.15) is 10.4 Å². The van der Waals surface area contributed by atoms with E-state index in [-0.39, 0.29) is 5.78 Å². The summed E-state index contributed by atoms with van der Waals surface area (Å²) in [6.07, 6.45) is 2.02. The summed E-state index contributed by atoms with van der Waals surface area (Å²) < 4.78 is 5.28. The Bertz CT molecular complexity index is 579. The van der Waals surface area contributed by atoms with Gasteiger partial charge in [-0.3, -0.25) is 4.79 Å². The van der Waals surface area contributed by atoms with Crippen LogP contribution >= 0.6 is 23.5 Å². The van der Waals surface area contributed by atoms with Gasteiger partial charge in [0.1, 0.15) is 5.75 Å². The maximum absolute atomic E-state index is 12.1. The highest BCUT2D eigenvalue weighted by Crippen LogP contribution is 2.29. The molecule has 104 valence electrons. The third-order valence-corrected chi connectivity index (χ3v) is 4.64. The van der Waals surface area contributed by atoms with Gasteiger partial charge in [0.2, 0.25) is 0 Å². The highest BCUT2D eigenvalue weighted by atomic mass is 32.2. The van der Waals surface area contributed by atoms with Gasteiger partial charge < -0.3 is 4.74 Å². The second-order valence-corrected chi connectivity index (χ2v) is 5.99. The molecule has 0 aliphatic rings. The fourth-order valence-electron chi connectivity index (χ4n) is 1.74. The summed E-state index contributed by atoms with van der Waals surface area (Å²) in [7, 11) is 1.64. The van der Waals surface area contributed by atoms with Crippen LogP contribution in [0.2, 0.25) is 0 Å². The third kappa shape index (κ3) is 3.81. The van der Waals surface area contributed by atoms with E-state index in [0.717, 1.165) is 16.2 Å². The molecule has 0 radical (unpaired) electrons. The normalized spacial score (nSPS) is 10.3. The first-order valence-corrected chi connectivity index (χ1v) is 8.38. The van der Waals surface area contributed by atoms with Gasteiger partial charge >= 0.3 is 0 Å². The first-order chi connectivity index (χ1) is 9.74. The molecule has 0 N–H and O–H groups in total. The topological polar surface area (TPSA) is 26.3 Å². The maximum Gasteiger partial charge on any atom is 0.173 e. The average Bonchev–Trinajstić information content (AvgIpc) is 2.53. The summed E-state index contributed by atoms with van der Waals surface area (Å²) in [5.41, 5.74) is 0.755. The minimum Gasteiger partial charge on any atom is -0.496 e. The molecule has 0 atom stereocenters. The van der Waals surface area contributed by atoms with Gasteiger partial charge in [-0.25, -0.2) is 0 Å². The zero-order valence-electron chi connectivity index (χ0n) is 11.5. The number of hydrogen-bond donors (Lipinski definition) is 0. The molecule has 0 aromatic heterocycles. The minimum atomic E-state index is 0.133. The molecule has 0 spiro atoms. The molecule has 0 bridgehead atoms. The molecule has 2 rings (SSSR count). The lowest BCUT2D eigenvalue weighted by molar-refractivity contribution is 0.102. The van der Waals surface area contributed by atoms with Crippen molar-refractivity contribution in [2.24, 2.45) is 0 Å². The van der Waals surface area contributed by atoms with Crippen molar-refractivity contribution >= 4 is 29.3 Å². The Balaban J connectivity index is 2.01. The monoisotopic (exact) mass is 304 g/mol. The van der Waals surface area contributed by atoms with Crippen LogP contribution in [-0.4, -0.2) is 24.9 Å². The molecule has 20 heavy (non-hydrogen) atoms. The van der Waals surface area contributed by atoms with E-state index in [2.05, 4.69) is 0 Å². The number of ketones is 1. The van der Waals surface area contributed by atoms with E-state index in [1.54, 1.807) is 18.9 Å². The smallest absolute Gasteiger partial charge is 0.173 e. The number of Topliss-reactive ketones (excluding diaryl/α,β-unsaturated/α-hetero) is 1. The molecule has 4 heteroatoms. The van der Waals surface area contributed by atoms with Gasteiger partial charge in [0.15, 0.2) is 5.78 Å². The Labute approximate surface area is 127 Å². The second-order valence-electron chi connectivity index (χ2n) is 4.09. The molecule has 2 aromatic carbocycles. The van der Waals surface area contributed by atoms with Crippen LogP contribution in [0.15, 0.2) is 58.3 Å². The summed E-state index contributed by atoms with van der Waals surface area (Å²) in [5.74, 6) is 1.36. The highest BCUT2D eigenvalue weighted by Gasteiger charge is 2.09. The number of rotatable bonds is 6. The van der Waals surface area contributed by atoms with Crippen LogP contribution in [0.25, 0.3) is 0 Å². The molecule has 0 aliphatic heterocycles. The van der Waals surface area contributed by atoms with Gasteiger partial charge in [0, 0.05) is 15.4 Å². The Morgan fingerprint density at radius 2 is 1.80 bits per heavy atom. The largest absolute Gasteiger partial charge is 0.496 e. The zero-order valence-corrected chi connectivity index (χ0v) is 13.1. The molecule has 2 aromatic rings. The fraction of sp³-hybridized carbons (Fsp3) is 0.188. The van der Waals surface area contributed by atoms with Crippen molar-refractivity contribution in [2.45, 2.75) is 9.79 Å². The molecule has 0 unspecified atom stereocenters. The van der Waals surface area contributed by atoms with E-state index in [1.807, 2.05) is 54.8 Å². The van der Waals surface area contributed by atoms with Crippen molar-refractivity contribution in [2.75, 3.05) is 19.1 Å². The average molecular weight is 304 g/mol. The van der Waals surface area contributed by atoms with Crippen molar-refractivity contribution in [1.82, 2.24) is 0 Å². The second kappa shape index (κ2) is 7.41. The minimum absolute atomic E-state index is 0.133. The van der Waals surface area contributed by atoms with Gasteiger partial charge in [-0.1, -0.05) is 24.3 Å². The molecule has 2 nitrogen and oxygen atoms in total. The lowest BCUT2D eigenvalue weighted by Crippen LogP contribution is -2.02. The van der Waals surface area contributed by atoms with Gasteiger partial charge in [0.25, 0.3) is 0 Å². The van der Waals surface area contributed by atoms with Crippen molar-refractivity contribution in [3.05, 3.63) is 54.1 Å². The van der Waals surface area contributed by atoms with Crippen molar-refractivity contribution in [3.8, 4) is 5.75 Å². The van der Waals surface area contributed by atoms with E-state index < -0.39 is 0 Å². The summed E-state index contributed by atoms with van der Waals surface area (Å²) >= 11 is 3.18. The van der Waals surface area contributed by atoms with E-state index in [9.17, 15) is 4.79 Å². The number of hydrogen-bond acceptors (Lipinski definition) is 4. The first-order valence-electron chi connectivity index (χ1n) is 6.17. The van der Waals surface area contributed by atoms with E-state index in [0.29, 0.717) is 5.75 Å². The molecule has 0 saturated carbocycles. The van der Waals surface area contributed by atoms with Crippen molar-refractivity contribution in [1.29, 1.82) is 0 Å². The van der Waals surface area contributed by atoms with E-state index >= 15 is 0 Å². The summed E-state index contributed by atoms with van der Waals surface area (Å²) in [6.45, 7) is 0. The van der Waals surface area contributed by atoms with Crippen LogP contribution in [0.5, 0.6) is 5.75 Å². The van der Waals surface area contributed by atoms with Crippen LogP contribution in [0, 0.1) is 0 Å². The van der Waals surface area contributed by atoms with Crippen LogP contribution in [-0.2, 0) is 0 Å². The molecule has 0 saturated heterocycles. The number of carbonyl (C=O) groups is 1. The Morgan fingerprint density at radius 1 is 1.10 bits per heavy atom. The number of carbonyl (C=O) groups excluding carboxylic acids is 1. The third-order valence-electron chi connectivity index (χ3n) is 2.84. The molecular weight excluding hydrogens is 288 g/mol. The lowest BCUT2D eigenvalue weighted by Gasteiger charge is -2.07. The molecular formula is C16H16O2S2. The standard InChI is InChI=1S/C16H16O2S2/c1-18-15-5-3-4-6-16(15)20-11-14(17)12-7-9-13(19-2)10-8-12/h3-10H,11H2,1-2H3. The quantitative estimate of drug-likeness (QED) is 0.584. The number of thioether (sulfide) groups is 2. The van der Waals surface area contributed by atoms with Gasteiger partial charge in [-0.05, 0) is 30.5 Å². The predicted octanol–water partition coefficient (Wildman–Crippen LogP) is 4.39. The summed E-state index contributed by atoms with van der Waals surface area (Å²) in [4.78, 5) is 14.3. The Hall–Kier alpha value is -1.39. The Morgan fingerprint density at radius 3 is 2.45 bits per heavy atom. The summed E-state index contributed by atoms with van der Waals surface area (Å²) in [6, 6.07) is 15.5. The molecule has 0 fully saturated rings. The predicted molar refractivity (Wildman–Crippen MR) is 86.3 cm³/mol. The molecule has 0 amide bonds. The van der Waals surface area contributed by atoms with Gasteiger partial charge in [0.05, 0.1) is 12.9 Å². The van der Waals surface area contributed by atoms with Gasteiger partial charge in [-0.15, -0.1) is 23.5 Å². The first kappa shape index (κ1) is 15.0. The maximum atomic E-state index is 12.1. The number of para-hydroxylation sites is 1. The van der Waals surface area contributed by atoms with Crippen molar-refractivity contribution in [3.63, 3.8) is 0 Å². The fourth-order valence-corrected chi connectivity index (χ4v) is 3.07. The number of ether oxygens (including phenoxy) is 1. The SMILES string of the molecule is COc1ccccc1SCC(=O)c1ccc(SC)cc1.